The fourth-order valence-electron chi connectivity index (χ4n) is 8.71. The second-order valence-corrected chi connectivity index (χ2v) is 15.8. The molecule has 0 spiro atoms. The van der Waals surface area contributed by atoms with Crippen LogP contribution in [0.3, 0.4) is 0 Å². The molecule has 1 aliphatic heterocycles. The van der Waals surface area contributed by atoms with Crippen LogP contribution in [-0.2, 0) is 20.9 Å². The number of benzene rings is 3. The maximum Gasteiger partial charge on any atom is 0.410 e. The molecule has 1 saturated carbocycles. The second-order valence-electron chi connectivity index (χ2n) is 14.6. The van der Waals surface area contributed by atoms with Crippen LogP contribution in [0.4, 0.5) is 4.79 Å². The van der Waals surface area contributed by atoms with Gasteiger partial charge in [0.25, 0.3) is 0 Å². The molecule has 11 heteroatoms. The third kappa shape index (κ3) is 9.45. The Morgan fingerprint density at radius 1 is 1.02 bits per heavy atom. The normalized spacial score (nSPS) is 24.2. The van der Waals surface area contributed by atoms with Crippen molar-refractivity contribution in [2.75, 3.05) is 46.3 Å². The lowest BCUT2D eigenvalue weighted by atomic mass is 9.55. The molecule has 2 N–H and O–H groups in total. The summed E-state index contributed by atoms with van der Waals surface area (Å²) in [6, 6.07) is 25.3. The Hall–Kier alpha value is -4.29. The minimum atomic E-state index is -1.34. The monoisotopic (exact) mass is 784 g/mol. The zero-order chi connectivity index (χ0) is 39.3. The molecule has 0 saturated heterocycles. The van der Waals surface area contributed by atoms with Gasteiger partial charge in [-0.2, -0.15) is 0 Å². The number of allylic oxidation sites excluding steroid dienone is 1. The molecule has 1 heterocycles. The van der Waals surface area contributed by atoms with Crippen molar-refractivity contribution in [3.8, 4) is 11.5 Å². The number of thioether (sulfide) groups is 1. The molecule has 6 unspecified atom stereocenters. The number of aliphatic hydroxyl groups is 2. The van der Waals surface area contributed by atoms with Gasteiger partial charge in [0.15, 0.2) is 0 Å². The number of ether oxygens (including phenoxy) is 4. The third-order valence-electron chi connectivity index (χ3n) is 11.2. The molecule has 1 fully saturated rings. The van der Waals surface area contributed by atoms with Gasteiger partial charge in [0, 0.05) is 48.8 Å². The van der Waals surface area contributed by atoms with Crippen LogP contribution in [0, 0.1) is 17.8 Å². The maximum absolute atomic E-state index is 14.0. The number of fused-ring (bicyclic) bond motifs is 2. The minimum Gasteiger partial charge on any atom is -0.493 e. The van der Waals surface area contributed by atoms with E-state index in [2.05, 4.69) is 36.0 Å². The van der Waals surface area contributed by atoms with Crippen molar-refractivity contribution in [2.24, 2.45) is 22.9 Å². The maximum atomic E-state index is 14.0. The Bertz CT molecular complexity index is 1790. The molecule has 10 nitrogen and oxygen atoms in total. The molecule has 3 aromatic carbocycles. The Morgan fingerprint density at radius 3 is 2.46 bits per heavy atom. The summed E-state index contributed by atoms with van der Waals surface area (Å²) >= 11 is 1.75. The van der Waals surface area contributed by atoms with Gasteiger partial charge in [-0.05, 0) is 79.0 Å². The fourth-order valence-corrected chi connectivity index (χ4v) is 9.46. The smallest absolute Gasteiger partial charge is 0.410 e. The Kier molecular flexibility index (Phi) is 14.9. The molecular weight excluding hydrogens is 729 g/mol. The van der Waals surface area contributed by atoms with Gasteiger partial charge in [-0.15, -0.1) is 18.3 Å². The van der Waals surface area contributed by atoms with Crippen molar-refractivity contribution in [3.05, 3.63) is 114 Å². The van der Waals surface area contributed by atoms with Crippen LogP contribution in [0.15, 0.2) is 113 Å². The number of unbranched alkanes of at least 4 members (excludes halogenated alkanes) is 2. The van der Waals surface area contributed by atoms with Crippen molar-refractivity contribution in [3.63, 3.8) is 0 Å². The summed E-state index contributed by atoms with van der Waals surface area (Å²) in [5.41, 5.74) is 3.60. The van der Waals surface area contributed by atoms with Gasteiger partial charge in [0.2, 0.25) is 5.79 Å². The SMILES string of the molecule is C=CCOC12Oc3ccc(OCCSc4ccccc4)cc3C3C(CCCCO)C(CCCCO)C=C(C(=NOC)CC1N(C)C(=O)OCc1ccccc1)C32. The van der Waals surface area contributed by atoms with Crippen LogP contribution >= 0.6 is 11.8 Å². The minimum absolute atomic E-state index is 0.116. The average molecular weight is 785 g/mol. The molecule has 300 valence electrons. The van der Waals surface area contributed by atoms with Crippen LogP contribution in [-0.4, -0.2) is 85.1 Å². The van der Waals surface area contributed by atoms with Crippen LogP contribution in [0.1, 0.15) is 62.0 Å². The number of carbonyl (C=O) groups is 1. The van der Waals surface area contributed by atoms with Gasteiger partial charge in [0.05, 0.1) is 24.8 Å². The van der Waals surface area contributed by atoms with E-state index in [1.54, 1.807) is 36.9 Å². The van der Waals surface area contributed by atoms with Gasteiger partial charge in [-0.1, -0.05) is 78.7 Å². The van der Waals surface area contributed by atoms with Gasteiger partial charge in [-0.3, -0.25) is 0 Å². The first-order chi connectivity index (χ1) is 27.4. The largest absolute Gasteiger partial charge is 0.493 e. The van der Waals surface area contributed by atoms with Crippen molar-refractivity contribution in [2.45, 2.75) is 74.2 Å². The van der Waals surface area contributed by atoms with E-state index in [1.165, 1.54) is 4.90 Å². The standard InChI is InChI=1S/C45H56N2O8S/c1-4-25-54-45-41(47(2)44(50)53-31-32-15-7-5-8-16-32)30-39(46-51-3)37-28-33(17-11-13-23-48)36(20-12-14-24-49)42(43(37)45)38-29-34(21-22-40(38)55-45)52-26-27-56-35-18-9-6-10-19-35/h4-10,15-16,18-19,21-22,28-29,33,36,41-43,48-49H,1,11-14,17,20,23-27,30-31H2,2-3H3. The molecule has 0 radical (unpaired) electrons. The highest BCUT2D eigenvalue weighted by Gasteiger charge is 2.65. The Balaban J connectivity index is 1.43. The number of likely N-dealkylation sites (N-methyl/N-ethyl adjacent to an activating group) is 1. The van der Waals surface area contributed by atoms with Gasteiger partial charge in [-0.25, -0.2) is 4.79 Å². The first-order valence-electron chi connectivity index (χ1n) is 19.8. The number of carbonyl (C=O) groups excluding carboxylic acids is 1. The lowest BCUT2D eigenvalue weighted by Gasteiger charge is -2.59. The van der Waals surface area contributed by atoms with E-state index >= 15 is 0 Å². The number of hydrogen-bond donors (Lipinski definition) is 2. The highest BCUT2D eigenvalue weighted by Crippen LogP contribution is 2.61. The van der Waals surface area contributed by atoms with Crippen LogP contribution in [0.25, 0.3) is 0 Å². The Morgan fingerprint density at radius 2 is 1.75 bits per heavy atom. The molecule has 0 aromatic heterocycles. The van der Waals surface area contributed by atoms with Crippen molar-refractivity contribution in [1.29, 1.82) is 0 Å². The van der Waals surface area contributed by atoms with Crippen molar-refractivity contribution < 1.29 is 38.8 Å². The topological polar surface area (TPSA) is 119 Å². The summed E-state index contributed by atoms with van der Waals surface area (Å²) in [5, 5.41) is 24.2. The van der Waals surface area contributed by atoms with Crippen molar-refractivity contribution in [1.82, 2.24) is 4.90 Å². The van der Waals surface area contributed by atoms with Crippen LogP contribution in [0.2, 0.25) is 0 Å². The van der Waals surface area contributed by atoms with E-state index in [-0.39, 0.29) is 44.2 Å². The van der Waals surface area contributed by atoms with Crippen molar-refractivity contribution >= 4 is 23.6 Å². The lowest BCUT2D eigenvalue weighted by Crippen LogP contribution is -2.69. The van der Waals surface area contributed by atoms with E-state index in [0.29, 0.717) is 31.6 Å². The fraction of sp³-hybridized carbons (Fsp3) is 0.467. The molecule has 6 rings (SSSR count). The number of rotatable bonds is 20. The summed E-state index contributed by atoms with van der Waals surface area (Å²) in [6.07, 6.45) is 8.63. The molecule has 0 bridgehead atoms. The van der Waals surface area contributed by atoms with Gasteiger partial charge >= 0.3 is 6.09 Å². The summed E-state index contributed by atoms with van der Waals surface area (Å²) in [5.74, 6) is 0.589. The van der Waals surface area contributed by atoms with E-state index < -0.39 is 23.8 Å². The predicted molar refractivity (Wildman–Crippen MR) is 219 cm³/mol. The van der Waals surface area contributed by atoms with E-state index in [1.807, 2.05) is 60.7 Å². The number of amides is 1. The van der Waals surface area contributed by atoms with Crippen LogP contribution in [0.5, 0.6) is 11.5 Å². The summed E-state index contributed by atoms with van der Waals surface area (Å²) in [6.45, 7) is 5.06. The second kappa shape index (κ2) is 20.2. The first-order valence-corrected chi connectivity index (χ1v) is 20.8. The van der Waals surface area contributed by atoms with E-state index in [9.17, 15) is 15.0 Å². The molecule has 1 amide bonds. The number of nitrogens with zero attached hydrogens (tertiary/aromatic N) is 2. The van der Waals surface area contributed by atoms with Gasteiger partial charge < -0.3 is 38.9 Å². The zero-order valence-electron chi connectivity index (χ0n) is 32.6. The highest BCUT2D eigenvalue weighted by atomic mass is 32.2. The molecule has 3 aliphatic rings. The molecule has 56 heavy (non-hydrogen) atoms. The van der Waals surface area contributed by atoms with E-state index in [0.717, 1.165) is 59.6 Å². The number of oxime groups is 1. The molecule has 3 aromatic rings. The zero-order valence-corrected chi connectivity index (χ0v) is 33.4. The summed E-state index contributed by atoms with van der Waals surface area (Å²) in [7, 11) is 3.27. The number of aliphatic hydroxyl groups excluding tert-OH is 2. The molecule has 6 atom stereocenters. The summed E-state index contributed by atoms with van der Waals surface area (Å²) < 4.78 is 26.4. The quantitative estimate of drug-likeness (QED) is 0.0504. The highest BCUT2D eigenvalue weighted by molar-refractivity contribution is 7.99. The van der Waals surface area contributed by atoms with E-state index in [4.69, 9.17) is 23.8 Å². The molecule has 2 aliphatic carbocycles. The summed E-state index contributed by atoms with van der Waals surface area (Å²) in [4.78, 5) is 22.3. The number of hydrogen-bond acceptors (Lipinski definition) is 10. The lowest BCUT2D eigenvalue weighted by molar-refractivity contribution is -0.253. The third-order valence-corrected chi connectivity index (χ3v) is 12.1. The van der Waals surface area contributed by atoms with Gasteiger partial charge in [0.1, 0.15) is 31.3 Å². The van der Waals surface area contributed by atoms with Crippen LogP contribution < -0.4 is 9.47 Å². The average Bonchev–Trinajstić information content (AvgIpc) is 3.23. The molecular formula is C45H56N2O8S. The predicted octanol–water partition coefficient (Wildman–Crippen LogP) is 8.39. The Labute approximate surface area is 335 Å². The first kappa shape index (κ1) is 41.3.